The lowest BCUT2D eigenvalue weighted by Gasteiger charge is -2.31. The third-order valence-corrected chi connectivity index (χ3v) is 9.17. The zero-order chi connectivity index (χ0) is 24.1. The van der Waals surface area contributed by atoms with Crippen LogP contribution < -0.4 is 5.32 Å². The first-order valence-corrected chi connectivity index (χ1v) is 14.1. The predicted molar refractivity (Wildman–Crippen MR) is 136 cm³/mol. The van der Waals surface area contributed by atoms with Crippen molar-refractivity contribution in [1.29, 1.82) is 0 Å². The molecule has 4 rings (SSSR count). The minimum atomic E-state index is -3.53. The fraction of sp³-hybridized carbons (Fsp3) is 0.519. The van der Waals surface area contributed by atoms with Crippen LogP contribution in [0.2, 0.25) is 0 Å². The molecule has 0 unspecified atom stereocenters. The van der Waals surface area contributed by atoms with Crippen LogP contribution >= 0.6 is 0 Å². The molecule has 6 nitrogen and oxygen atoms in total. The summed E-state index contributed by atoms with van der Waals surface area (Å²) < 4.78 is 28.0. The Bertz CT molecular complexity index is 1100. The predicted octanol–water partition coefficient (Wildman–Crippen LogP) is 4.45. The van der Waals surface area contributed by atoms with Gasteiger partial charge >= 0.3 is 0 Å². The number of fused-ring (bicyclic) bond motifs is 1. The quantitative estimate of drug-likeness (QED) is 0.602. The molecular formula is C27H37N3O3S. The Morgan fingerprint density at radius 1 is 1.00 bits per heavy atom. The Morgan fingerprint density at radius 2 is 1.71 bits per heavy atom. The maximum Gasteiger partial charge on any atom is 0.243 e. The van der Waals surface area contributed by atoms with E-state index in [1.54, 1.807) is 10.4 Å². The second kappa shape index (κ2) is 11.0. The van der Waals surface area contributed by atoms with E-state index in [9.17, 15) is 13.2 Å². The van der Waals surface area contributed by atoms with Crippen LogP contribution in [-0.2, 0) is 34.2 Å². The van der Waals surface area contributed by atoms with Crippen molar-refractivity contribution in [2.75, 3.05) is 31.5 Å². The van der Waals surface area contributed by atoms with E-state index in [1.807, 2.05) is 30.3 Å². The van der Waals surface area contributed by atoms with Crippen LogP contribution in [0.3, 0.4) is 0 Å². The van der Waals surface area contributed by atoms with Crippen molar-refractivity contribution in [2.45, 2.75) is 63.8 Å². The molecule has 2 aliphatic rings. The molecule has 0 aromatic heterocycles. The number of sulfonamides is 1. The lowest BCUT2D eigenvalue weighted by atomic mass is 9.92. The number of carbonyl (C=O) groups excluding carboxylic acids is 1. The number of benzene rings is 2. The summed E-state index contributed by atoms with van der Waals surface area (Å²) >= 11 is 0. The van der Waals surface area contributed by atoms with Crippen molar-refractivity contribution < 1.29 is 13.2 Å². The highest BCUT2D eigenvalue weighted by Gasteiger charge is 2.32. The van der Waals surface area contributed by atoms with E-state index in [2.05, 4.69) is 30.1 Å². The fourth-order valence-electron chi connectivity index (χ4n) is 5.07. The summed E-state index contributed by atoms with van der Waals surface area (Å²) in [6, 6.07) is 13.6. The highest BCUT2D eigenvalue weighted by Crippen LogP contribution is 2.28. The zero-order valence-corrected chi connectivity index (χ0v) is 21.2. The molecule has 0 spiro atoms. The number of carbonyl (C=O) groups is 1. The molecule has 0 bridgehead atoms. The van der Waals surface area contributed by atoms with Gasteiger partial charge in [0.25, 0.3) is 0 Å². The minimum absolute atomic E-state index is 0.0224. The number of amides is 1. The molecule has 34 heavy (non-hydrogen) atoms. The molecule has 1 heterocycles. The Labute approximate surface area is 204 Å². The van der Waals surface area contributed by atoms with E-state index >= 15 is 0 Å². The normalized spacial score (nSPS) is 17.5. The molecule has 1 fully saturated rings. The Morgan fingerprint density at radius 3 is 2.41 bits per heavy atom. The molecule has 0 atom stereocenters. The number of piperidine rings is 1. The average molecular weight is 484 g/mol. The van der Waals surface area contributed by atoms with Gasteiger partial charge in [0.15, 0.2) is 0 Å². The monoisotopic (exact) mass is 483 g/mol. The number of nitrogens with one attached hydrogen (secondary N) is 1. The molecular weight excluding hydrogens is 446 g/mol. The molecule has 1 aliphatic heterocycles. The van der Waals surface area contributed by atoms with Crippen LogP contribution in [0.1, 0.15) is 56.2 Å². The first-order valence-electron chi connectivity index (χ1n) is 12.6. The van der Waals surface area contributed by atoms with E-state index in [4.69, 9.17) is 0 Å². The van der Waals surface area contributed by atoms with Crippen molar-refractivity contribution in [2.24, 2.45) is 5.92 Å². The molecule has 184 valence electrons. The fourth-order valence-corrected chi connectivity index (χ4v) is 6.60. The lowest BCUT2D eigenvalue weighted by molar-refractivity contribution is -0.120. The van der Waals surface area contributed by atoms with Gasteiger partial charge in [-0.2, -0.15) is 4.31 Å². The smallest absolute Gasteiger partial charge is 0.243 e. The summed E-state index contributed by atoms with van der Waals surface area (Å²) in [7, 11) is -3.53. The summed E-state index contributed by atoms with van der Waals surface area (Å²) in [6.07, 6.45) is 5.36. The molecule has 1 saturated heterocycles. The van der Waals surface area contributed by atoms with E-state index in [0.717, 1.165) is 44.6 Å². The van der Waals surface area contributed by atoms with Crippen LogP contribution in [0.25, 0.3) is 0 Å². The van der Waals surface area contributed by atoms with Gasteiger partial charge in [0.2, 0.25) is 15.9 Å². The molecule has 1 aliphatic carbocycles. The Hall–Kier alpha value is -2.22. The van der Waals surface area contributed by atoms with Crippen molar-refractivity contribution in [3.8, 4) is 0 Å². The maximum absolute atomic E-state index is 13.2. The second-order valence-electron chi connectivity index (χ2n) is 9.47. The third kappa shape index (κ3) is 5.70. The molecule has 7 heteroatoms. The average Bonchev–Trinajstić information content (AvgIpc) is 2.87. The highest BCUT2D eigenvalue weighted by molar-refractivity contribution is 7.89. The molecule has 2 aromatic rings. The van der Waals surface area contributed by atoms with Crippen LogP contribution in [-0.4, -0.2) is 49.7 Å². The van der Waals surface area contributed by atoms with E-state index < -0.39 is 10.0 Å². The lowest BCUT2D eigenvalue weighted by Crippen LogP contribution is -2.41. The van der Waals surface area contributed by atoms with Gasteiger partial charge in [-0.05, 0) is 92.6 Å². The van der Waals surface area contributed by atoms with E-state index in [-0.39, 0.29) is 11.8 Å². The number of hydrogen-bond acceptors (Lipinski definition) is 4. The number of rotatable bonds is 8. The summed E-state index contributed by atoms with van der Waals surface area (Å²) in [4.78, 5) is 15.6. The van der Waals surface area contributed by atoms with Gasteiger partial charge in [-0.3, -0.25) is 9.69 Å². The van der Waals surface area contributed by atoms with Crippen LogP contribution in [0.15, 0.2) is 47.4 Å². The number of hydrogen-bond donors (Lipinski definition) is 1. The van der Waals surface area contributed by atoms with Gasteiger partial charge in [-0.1, -0.05) is 32.0 Å². The Kier molecular flexibility index (Phi) is 8.06. The van der Waals surface area contributed by atoms with E-state index in [1.165, 1.54) is 23.1 Å². The standard InChI is InChI=1S/C27H37N3O3S/c1-3-29(4-2)20-21-8-7-11-25(18-21)28-27(31)23-14-16-30(17-15-23)34(32,33)26-13-12-22-9-5-6-10-24(22)19-26/h7-8,11-13,18-19,23H,3-6,9-10,14-17,20H2,1-2H3,(H,28,31). The van der Waals surface area contributed by atoms with Gasteiger partial charge in [0.05, 0.1) is 4.90 Å². The molecule has 0 radical (unpaired) electrons. The summed E-state index contributed by atoms with van der Waals surface area (Å²) in [5, 5.41) is 3.06. The van der Waals surface area contributed by atoms with Crippen LogP contribution in [0.5, 0.6) is 0 Å². The number of nitrogens with zero attached hydrogens (tertiary/aromatic N) is 2. The summed E-state index contributed by atoms with van der Waals surface area (Å²) in [5.74, 6) is -0.202. The summed E-state index contributed by atoms with van der Waals surface area (Å²) in [6.45, 7) is 7.87. The molecule has 1 N–H and O–H groups in total. The largest absolute Gasteiger partial charge is 0.326 e. The highest BCUT2D eigenvalue weighted by atomic mass is 32.2. The van der Waals surface area contributed by atoms with Crippen molar-refractivity contribution in [3.63, 3.8) is 0 Å². The van der Waals surface area contributed by atoms with Crippen molar-refractivity contribution >= 4 is 21.6 Å². The van der Waals surface area contributed by atoms with E-state index in [0.29, 0.717) is 30.8 Å². The van der Waals surface area contributed by atoms with Crippen LogP contribution in [0, 0.1) is 5.92 Å². The van der Waals surface area contributed by atoms with Gasteiger partial charge in [-0.15, -0.1) is 0 Å². The first-order chi connectivity index (χ1) is 16.4. The molecule has 2 aromatic carbocycles. The zero-order valence-electron chi connectivity index (χ0n) is 20.4. The van der Waals surface area contributed by atoms with Gasteiger partial charge < -0.3 is 5.32 Å². The minimum Gasteiger partial charge on any atom is -0.326 e. The number of aryl methyl sites for hydroxylation is 2. The van der Waals surface area contributed by atoms with Gasteiger partial charge in [0.1, 0.15) is 0 Å². The third-order valence-electron chi connectivity index (χ3n) is 7.28. The van der Waals surface area contributed by atoms with Gasteiger partial charge in [-0.25, -0.2) is 8.42 Å². The Balaban J connectivity index is 1.35. The maximum atomic E-state index is 13.2. The SMILES string of the molecule is CCN(CC)Cc1cccc(NC(=O)C2CCN(S(=O)(=O)c3ccc4c(c3)CCCC4)CC2)c1. The topological polar surface area (TPSA) is 69.7 Å². The summed E-state index contributed by atoms with van der Waals surface area (Å²) in [5.41, 5.74) is 4.43. The van der Waals surface area contributed by atoms with Crippen LogP contribution in [0.4, 0.5) is 5.69 Å². The molecule has 1 amide bonds. The van der Waals surface area contributed by atoms with Crippen molar-refractivity contribution in [1.82, 2.24) is 9.21 Å². The van der Waals surface area contributed by atoms with Crippen molar-refractivity contribution in [3.05, 3.63) is 59.2 Å². The number of anilines is 1. The van der Waals surface area contributed by atoms with Gasteiger partial charge in [0, 0.05) is 31.2 Å². The molecule has 0 saturated carbocycles. The first kappa shape index (κ1) is 24.9. The second-order valence-corrected chi connectivity index (χ2v) is 11.4.